The molecule has 0 aliphatic heterocycles. The van der Waals surface area contributed by atoms with Gasteiger partial charge < -0.3 is 14.8 Å². The highest BCUT2D eigenvalue weighted by Gasteiger charge is 2.09. The Kier molecular flexibility index (Phi) is 7.36. The molecule has 0 bridgehead atoms. The molecule has 0 atom stereocenters. The average Bonchev–Trinajstić information content (AvgIpc) is 3.08. The fourth-order valence-electron chi connectivity index (χ4n) is 1.76. The Balaban J connectivity index is 1.61. The number of carbonyl (C=O) groups is 2. The summed E-state index contributed by atoms with van der Waals surface area (Å²) in [5, 5.41) is 5.25. The van der Waals surface area contributed by atoms with Crippen molar-refractivity contribution in [2.24, 2.45) is 0 Å². The summed E-state index contributed by atoms with van der Waals surface area (Å²) in [4.78, 5) is 23.9. The zero-order chi connectivity index (χ0) is 17.4. The number of rotatable bonds is 8. The van der Waals surface area contributed by atoms with Crippen LogP contribution in [0.1, 0.15) is 16.1 Å². The molecule has 24 heavy (non-hydrogen) atoms. The maximum atomic E-state index is 11.7. The highest BCUT2D eigenvalue weighted by atomic mass is 35.5. The van der Waals surface area contributed by atoms with Crippen LogP contribution in [0.5, 0.6) is 5.75 Å². The predicted molar refractivity (Wildman–Crippen MR) is 94.2 cm³/mol. The van der Waals surface area contributed by atoms with Gasteiger partial charge in [-0.3, -0.25) is 9.59 Å². The first-order valence-electron chi connectivity index (χ1n) is 7.12. The summed E-state index contributed by atoms with van der Waals surface area (Å²) in [6, 6.07) is 8.53. The second kappa shape index (κ2) is 9.52. The standard InChI is InChI=1S/C16H15Cl2NO4S/c17-11-3-1-4-12(18)15(11)23-9-8-22-14(20)6-7-19-16(21)13-5-2-10-24-13/h1-5,10H,6-9H2,(H,19,21). The Morgan fingerprint density at radius 3 is 2.50 bits per heavy atom. The van der Waals surface area contributed by atoms with E-state index in [0.29, 0.717) is 20.7 Å². The summed E-state index contributed by atoms with van der Waals surface area (Å²) < 4.78 is 10.4. The van der Waals surface area contributed by atoms with Crippen molar-refractivity contribution in [3.05, 3.63) is 50.6 Å². The number of hydrogen-bond donors (Lipinski definition) is 1. The van der Waals surface area contributed by atoms with Crippen LogP contribution in [0.15, 0.2) is 35.7 Å². The molecule has 0 saturated carbocycles. The van der Waals surface area contributed by atoms with Crippen LogP contribution in [-0.4, -0.2) is 31.6 Å². The van der Waals surface area contributed by atoms with Crippen LogP contribution in [0.3, 0.4) is 0 Å². The fourth-order valence-corrected chi connectivity index (χ4v) is 2.91. The molecule has 1 aromatic carbocycles. The molecule has 0 fully saturated rings. The Labute approximate surface area is 153 Å². The molecule has 0 unspecified atom stereocenters. The monoisotopic (exact) mass is 387 g/mol. The van der Waals surface area contributed by atoms with E-state index in [1.807, 2.05) is 5.38 Å². The zero-order valence-corrected chi connectivity index (χ0v) is 14.9. The number of para-hydroxylation sites is 1. The SMILES string of the molecule is O=C(CCNC(=O)c1cccs1)OCCOc1c(Cl)cccc1Cl. The minimum Gasteiger partial charge on any atom is -0.487 e. The van der Waals surface area contributed by atoms with E-state index in [1.54, 1.807) is 30.3 Å². The first kappa shape index (κ1) is 18.6. The van der Waals surface area contributed by atoms with Crippen molar-refractivity contribution in [3.63, 3.8) is 0 Å². The number of carbonyl (C=O) groups excluding carboxylic acids is 2. The van der Waals surface area contributed by atoms with Gasteiger partial charge in [0.15, 0.2) is 5.75 Å². The summed E-state index contributed by atoms with van der Waals surface area (Å²) in [6.45, 7) is 0.419. The van der Waals surface area contributed by atoms with Gasteiger partial charge in [0.2, 0.25) is 0 Å². The Morgan fingerprint density at radius 1 is 1.08 bits per heavy atom. The molecule has 8 heteroatoms. The van der Waals surface area contributed by atoms with Gasteiger partial charge in [0, 0.05) is 6.54 Å². The molecule has 1 amide bonds. The lowest BCUT2D eigenvalue weighted by Gasteiger charge is -2.10. The second-order valence-corrected chi connectivity index (χ2v) is 6.37. The van der Waals surface area contributed by atoms with Gasteiger partial charge >= 0.3 is 5.97 Å². The zero-order valence-electron chi connectivity index (χ0n) is 12.6. The Bertz CT molecular complexity index is 671. The maximum absolute atomic E-state index is 11.7. The number of ether oxygens (including phenoxy) is 2. The first-order valence-corrected chi connectivity index (χ1v) is 8.75. The summed E-state index contributed by atoms with van der Waals surface area (Å²) in [7, 11) is 0. The normalized spacial score (nSPS) is 10.2. The van der Waals surface area contributed by atoms with Gasteiger partial charge in [0.05, 0.1) is 21.3 Å². The number of thiophene rings is 1. The van der Waals surface area contributed by atoms with E-state index in [1.165, 1.54) is 11.3 Å². The molecule has 0 aliphatic carbocycles. The Hall–Kier alpha value is -1.76. The summed E-state index contributed by atoms with van der Waals surface area (Å²) in [5.74, 6) is -0.259. The van der Waals surface area contributed by atoms with Crippen molar-refractivity contribution in [1.29, 1.82) is 0 Å². The van der Waals surface area contributed by atoms with E-state index in [4.69, 9.17) is 32.7 Å². The van der Waals surface area contributed by atoms with Crippen LogP contribution < -0.4 is 10.1 Å². The van der Waals surface area contributed by atoms with E-state index >= 15 is 0 Å². The highest BCUT2D eigenvalue weighted by Crippen LogP contribution is 2.32. The Morgan fingerprint density at radius 2 is 1.83 bits per heavy atom. The second-order valence-electron chi connectivity index (χ2n) is 4.60. The van der Waals surface area contributed by atoms with Crippen LogP contribution in [-0.2, 0) is 9.53 Å². The van der Waals surface area contributed by atoms with Gasteiger partial charge in [-0.15, -0.1) is 11.3 Å². The molecule has 5 nitrogen and oxygen atoms in total. The van der Waals surface area contributed by atoms with Crippen LogP contribution in [0, 0.1) is 0 Å². The molecule has 0 radical (unpaired) electrons. The van der Waals surface area contributed by atoms with Gasteiger partial charge in [0.25, 0.3) is 5.91 Å². The molecular formula is C16H15Cl2NO4S. The lowest BCUT2D eigenvalue weighted by molar-refractivity contribution is -0.144. The number of amides is 1. The fraction of sp³-hybridized carbons (Fsp3) is 0.250. The smallest absolute Gasteiger partial charge is 0.307 e. The van der Waals surface area contributed by atoms with Gasteiger partial charge in [-0.25, -0.2) is 0 Å². The van der Waals surface area contributed by atoms with E-state index in [0.717, 1.165) is 0 Å². The number of benzene rings is 1. The predicted octanol–water partition coefficient (Wildman–Crippen LogP) is 3.80. The van der Waals surface area contributed by atoms with Crippen molar-refractivity contribution in [2.45, 2.75) is 6.42 Å². The summed E-state index contributed by atoms with van der Waals surface area (Å²) in [6.07, 6.45) is 0.0873. The van der Waals surface area contributed by atoms with Crippen LogP contribution >= 0.6 is 34.5 Å². The van der Waals surface area contributed by atoms with Gasteiger partial charge in [0.1, 0.15) is 13.2 Å². The average molecular weight is 388 g/mol. The van der Waals surface area contributed by atoms with Crippen LogP contribution in [0.25, 0.3) is 0 Å². The van der Waals surface area contributed by atoms with E-state index in [2.05, 4.69) is 5.32 Å². The van der Waals surface area contributed by atoms with Crippen molar-refractivity contribution < 1.29 is 19.1 Å². The minimum absolute atomic E-state index is 0.0687. The quantitative estimate of drug-likeness (QED) is 0.552. The molecule has 0 aliphatic rings. The van der Waals surface area contributed by atoms with Gasteiger partial charge in [-0.05, 0) is 23.6 Å². The van der Waals surface area contributed by atoms with Crippen LogP contribution in [0.2, 0.25) is 10.0 Å². The van der Waals surface area contributed by atoms with Gasteiger partial charge in [-0.2, -0.15) is 0 Å². The molecule has 2 rings (SSSR count). The first-order chi connectivity index (χ1) is 11.6. The number of esters is 1. The van der Waals surface area contributed by atoms with E-state index in [-0.39, 0.29) is 32.1 Å². The van der Waals surface area contributed by atoms with Crippen molar-refractivity contribution in [1.82, 2.24) is 5.32 Å². The van der Waals surface area contributed by atoms with Crippen molar-refractivity contribution >= 4 is 46.4 Å². The summed E-state index contributed by atoms with van der Waals surface area (Å²) >= 11 is 13.3. The third-order valence-electron chi connectivity index (χ3n) is 2.87. The molecule has 0 spiro atoms. The number of hydrogen-bond acceptors (Lipinski definition) is 5. The summed E-state index contributed by atoms with van der Waals surface area (Å²) in [5.41, 5.74) is 0. The molecule has 1 N–H and O–H groups in total. The molecule has 1 aromatic heterocycles. The number of nitrogens with one attached hydrogen (secondary N) is 1. The van der Waals surface area contributed by atoms with Crippen molar-refractivity contribution in [3.8, 4) is 5.75 Å². The lowest BCUT2D eigenvalue weighted by atomic mass is 10.3. The molecule has 2 aromatic rings. The van der Waals surface area contributed by atoms with Crippen LogP contribution in [0.4, 0.5) is 0 Å². The van der Waals surface area contributed by atoms with Gasteiger partial charge in [-0.1, -0.05) is 35.3 Å². The highest BCUT2D eigenvalue weighted by molar-refractivity contribution is 7.12. The lowest BCUT2D eigenvalue weighted by Crippen LogP contribution is -2.26. The number of halogens is 2. The third-order valence-corrected chi connectivity index (χ3v) is 4.34. The molecular weight excluding hydrogens is 373 g/mol. The van der Waals surface area contributed by atoms with E-state index in [9.17, 15) is 9.59 Å². The van der Waals surface area contributed by atoms with Crippen molar-refractivity contribution in [2.75, 3.05) is 19.8 Å². The minimum atomic E-state index is -0.421. The van der Waals surface area contributed by atoms with E-state index < -0.39 is 5.97 Å². The molecule has 1 heterocycles. The maximum Gasteiger partial charge on any atom is 0.307 e. The molecule has 0 saturated heterocycles. The largest absolute Gasteiger partial charge is 0.487 e. The topological polar surface area (TPSA) is 64.6 Å². The third kappa shape index (κ3) is 5.70. The molecule has 128 valence electrons.